The number of hydrogen-bond acceptors (Lipinski definition) is 5. The number of para-hydroxylation sites is 2. The summed E-state index contributed by atoms with van der Waals surface area (Å²) in [6, 6.07) is 7.87. The fourth-order valence-corrected chi connectivity index (χ4v) is 2.68. The Morgan fingerprint density at radius 1 is 1.29 bits per heavy atom. The summed E-state index contributed by atoms with van der Waals surface area (Å²) in [5, 5.41) is 14.4. The first kappa shape index (κ1) is 14.6. The van der Waals surface area contributed by atoms with E-state index in [0.29, 0.717) is 24.0 Å². The van der Waals surface area contributed by atoms with Crippen LogP contribution in [0.3, 0.4) is 0 Å². The molecule has 2 heterocycles. The molecule has 1 aliphatic rings. The number of nitrogens with zero attached hydrogens (tertiary/aromatic N) is 3. The van der Waals surface area contributed by atoms with E-state index in [1.54, 1.807) is 13.2 Å². The second-order valence-corrected chi connectivity index (χ2v) is 5.95. The number of amidine groups is 1. The summed E-state index contributed by atoms with van der Waals surface area (Å²) in [4.78, 5) is 16.8. The monoisotopic (exact) mass is 321 g/mol. The van der Waals surface area contributed by atoms with Crippen molar-refractivity contribution in [3.05, 3.63) is 47.7 Å². The van der Waals surface area contributed by atoms with E-state index in [2.05, 4.69) is 30.6 Å². The van der Waals surface area contributed by atoms with Gasteiger partial charge in [0.05, 0.1) is 23.3 Å². The van der Waals surface area contributed by atoms with E-state index in [0.717, 1.165) is 22.6 Å². The summed E-state index contributed by atoms with van der Waals surface area (Å²) in [7, 11) is 1.80. The molecule has 2 aromatic heterocycles. The summed E-state index contributed by atoms with van der Waals surface area (Å²) in [5.74, 6) is 2.20. The molecule has 0 unspecified atom stereocenters. The molecule has 4 rings (SSSR count). The highest BCUT2D eigenvalue weighted by atomic mass is 15.1. The van der Waals surface area contributed by atoms with Crippen molar-refractivity contribution in [1.29, 1.82) is 5.41 Å². The van der Waals surface area contributed by atoms with Gasteiger partial charge in [-0.05, 0) is 25.0 Å². The van der Waals surface area contributed by atoms with Crippen molar-refractivity contribution in [1.82, 2.24) is 25.3 Å². The highest BCUT2D eigenvalue weighted by Crippen LogP contribution is 2.39. The average molecular weight is 321 g/mol. The van der Waals surface area contributed by atoms with Crippen LogP contribution in [0.15, 0.2) is 30.5 Å². The Morgan fingerprint density at radius 2 is 2.12 bits per heavy atom. The highest BCUT2D eigenvalue weighted by molar-refractivity contribution is 5.98. The number of aromatic nitrogens is 4. The van der Waals surface area contributed by atoms with E-state index in [9.17, 15) is 0 Å². The zero-order valence-electron chi connectivity index (χ0n) is 13.4. The molecule has 0 amide bonds. The molecule has 0 spiro atoms. The van der Waals surface area contributed by atoms with Crippen LogP contribution in [0, 0.1) is 5.41 Å². The van der Waals surface area contributed by atoms with E-state index in [1.165, 1.54) is 12.8 Å². The minimum absolute atomic E-state index is 0.231. The van der Waals surface area contributed by atoms with E-state index in [1.807, 2.05) is 24.3 Å². The Morgan fingerprint density at radius 3 is 2.88 bits per heavy atom. The number of H-pyrrole nitrogens is 1. The van der Waals surface area contributed by atoms with Crippen LogP contribution < -0.4 is 10.6 Å². The highest BCUT2D eigenvalue weighted by Gasteiger charge is 2.26. The summed E-state index contributed by atoms with van der Waals surface area (Å²) in [5.41, 5.74) is 3.45. The molecule has 0 aliphatic heterocycles. The molecule has 0 radical (unpaired) electrons. The van der Waals surface area contributed by atoms with Gasteiger partial charge in [-0.2, -0.15) is 0 Å². The van der Waals surface area contributed by atoms with Crippen LogP contribution in [0.25, 0.3) is 11.0 Å². The number of aromatic amines is 1. The third-order valence-corrected chi connectivity index (χ3v) is 4.13. The van der Waals surface area contributed by atoms with Gasteiger partial charge in [-0.3, -0.25) is 5.41 Å². The molecular formula is C17H19N7. The Kier molecular flexibility index (Phi) is 3.60. The Hall–Kier alpha value is -2.96. The van der Waals surface area contributed by atoms with Crippen molar-refractivity contribution in [2.45, 2.75) is 25.3 Å². The van der Waals surface area contributed by atoms with Gasteiger partial charge in [-0.25, -0.2) is 15.0 Å². The van der Waals surface area contributed by atoms with Crippen molar-refractivity contribution in [3.63, 3.8) is 0 Å². The van der Waals surface area contributed by atoms with Gasteiger partial charge >= 0.3 is 0 Å². The van der Waals surface area contributed by atoms with Crippen LogP contribution in [0.2, 0.25) is 0 Å². The lowest BCUT2D eigenvalue weighted by Crippen LogP contribution is -2.26. The van der Waals surface area contributed by atoms with E-state index in [-0.39, 0.29) is 5.84 Å². The van der Waals surface area contributed by atoms with Crippen molar-refractivity contribution in [2.24, 2.45) is 0 Å². The quantitative estimate of drug-likeness (QED) is 0.427. The summed E-state index contributed by atoms with van der Waals surface area (Å²) in [6.07, 6.45) is 4.14. The van der Waals surface area contributed by atoms with Crippen LogP contribution in [0.4, 0.5) is 5.82 Å². The average Bonchev–Trinajstić information content (AvgIpc) is 3.38. The molecule has 122 valence electrons. The van der Waals surface area contributed by atoms with Crippen LogP contribution in [0.1, 0.15) is 36.0 Å². The summed E-state index contributed by atoms with van der Waals surface area (Å²) >= 11 is 0. The Balaban J connectivity index is 1.49. The van der Waals surface area contributed by atoms with E-state index >= 15 is 0 Å². The predicted molar refractivity (Wildman–Crippen MR) is 93.3 cm³/mol. The minimum Gasteiger partial charge on any atom is -0.371 e. The second kappa shape index (κ2) is 5.92. The smallest absolute Gasteiger partial charge is 0.155 e. The lowest BCUT2D eigenvalue weighted by atomic mass is 10.3. The zero-order chi connectivity index (χ0) is 16.5. The summed E-state index contributed by atoms with van der Waals surface area (Å²) in [6.45, 7) is 0.433. The Labute approximate surface area is 139 Å². The lowest BCUT2D eigenvalue weighted by molar-refractivity contribution is 0.841. The molecule has 7 heteroatoms. The number of imidazole rings is 1. The normalized spacial score (nSPS) is 13.9. The SMILES string of the molecule is CNc1nc(C2CC2)cnc1C(=N)NCc1nc2ccccc2[nH]1. The number of anilines is 1. The second-order valence-electron chi connectivity index (χ2n) is 5.95. The van der Waals surface area contributed by atoms with Gasteiger partial charge in [0, 0.05) is 19.2 Å². The third-order valence-electron chi connectivity index (χ3n) is 4.13. The maximum absolute atomic E-state index is 8.26. The van der Waals surface area contributed by atoms with Gasteiger partial charge in [0.15, 0.2) is 5.82 Å². The number of nitrogens with one attached hydrogen (secondary N) is 4. The maximum Gasteiger partial charge on any atom is 0.155 e. The van der Waals surface area contributed by atoms with Crippen LogP contribution in [-0.4, -0.2) is 32.8 Å². The topological polar surface area (TPSA) is 102 Å². The molecule has 1 saturated carbocycles. The van der Waals surface area contributed by atoms with Crippen LogP contribution in [-0.2, 0) is 6.54 Å². The van der Waals surface area contributed by atoms with Crippen molar-refractivity contribution < 1.29 is 0 Å². The van der Waals surface area contributed by atoms with E-state index < -0.39 is 0 Å². The lowest BCUT2D eigenvalue weighted by Gasteiger charge is -2.11. The fraction of sp³-hybridized carbons (Fsp3) is 0.294. The van der Waals surface area contributed by atoms with Gasteiger partial charge in [-0.15, -0.1) is 0 Å². The molecule has 3 aromatic rings. The van der Waals surface area contributed by atoms with Crippen LogP contribution >= 0.6 is 0 Å². The van der Waals surface area contributed by atoms with Gasteiger partial charge in [0.1, 0.15) is 17.4 Å². The predicted octanol–water partition coefficient (Wildman–Crippen LogP) is 2.39. The molecule has 24 heavy (non-hydrogen) atoms. The molecule has 7 nitrogen and oxygen atoms in total. The Bertz CT molecular complexity index is 862. The van der Waals surface area contributed by atoms with E-state index in [4.69, 9.17) is 5.41 Å². The number of hydrogen-bond donors (Lipinski definition) is 4. The van der Waals surface area contributed by atoms with Crippen molar-refractivity contribution in [3.8, 4) is 0 Å². The van der Waals surface area contributed by atoms with Gasteiger partial charge in [0.2, 0.25) is 0 Å². The standard InChI is InChI=1S/C17H19N7/c1-19-17-15(20-8-13(24-17)10-6-7-10)16(18)21-9-14-22-11-4-2-3-5-12(11)23-14/h2-5,8,10H,6-7,9H2,1H3,(H2,18,21)(H,19,24)(H,22,23). The fourth-order valence-electron chi connectivity index (χ4n) is 2.68. The third kappa shape index (κ3) is 2.80. The molecule has 0 atom stereocenters. The molecule has 1 aromatic carbocycles. The van der Waals surface area contributed by atoms with Crippen molar-refractivity contribution >= 4 is 22.7 Å². The summed E-state index contributed by atoms with van der Waals surface area (Å²) < 4.78 is 0. The maximum atomic E-state index is 8.26. The number of fused-ring (bicyclic) bond motifs is 1. The molecule has 0 saturated heterocycles. The van der Waals surface area contributed by atoms with Crippen LogP contribution in [0.5, 0.6) is 0 Å². The largest absolute Gasteiger partial charge is 0.371 e. The molecule has 4 N–H and O–H groups in total. The first-order chi connectivity index (χ1) is 11.7. The van der Waals surface area contributed by atoms with Gasteiger partial charge in [-0.1, -0.05) is 12.1 Å². The first-order valence-corrected chi connectivity index (χ1v) is 8.05. The van der Waals surface area contributed by atoms with Crippen molar-refractivity contribution in [2.75, 3.05) is 12.4 Å². The number of benzene rings is 1. The zero-order valence-corrected chi connectivity index (χ0v) is 13.4. The molecule has 1 fully saturated rings. The van der Waals surface area contributed by atoms with Gasteiger partial charge in [0.25, 0.3) is 0 Å². The molecule has 0 bridgehead atoms. The molecule has 1 aliphatic carbocycles. The minimum atomic E-state index is 0.231. The molecular weight excluding hydrogens is 302 g/mol. The number of rotatable bonds is 5. The van der Waals surface area contributed by atoms with Gasteiger partial charge < -0.3 is 15.6 Å². The first-order valence-electron chi connectivity index (χ1n) is 8.05.